The average molecular weight is 191 g/mol. The SMILES string of the molecule is O=[C]NCc1nc2ccccc2s1. The standard InChI is InChI=1S/C9H7N2OS/c12-6-10-5-9-11-7-3-1-2-4-8(7)13-9/h1-4H,5H2,(H,10,12). The van der Waals surface area contributed by atoms with E-state index in [-0.39, 0.29) is 0 Å². The minimum Gasteiger partial charge on any atom is -0.341 e. The van der Waals surface area contributed by atoms with Gasteiger partial charge in [0, 0.05) is 0 Å². The summed E-state index contributed by atoms with van der Waals surface area (Å²) < 4.78 is 1.14. The molecule has 1 aromatic carbocycles. The van der Waals surface area contributed by atoms with Crippen LogP contribution in [-0.2, 0) is 11.3 Å². The van der Waals surface area contributed by atoms with Crippen molar-refractivity contribution in [2.24, 2.45) is 0 Å². The van der Waals surface area contributed by atoms with E-state index in [9.17, 15) is 4.79 Å². The monoisotopic (exact) mass is 191 g/mol. The smallest absolute Gasteiger partial charge is 0.309 e. The molecule has 1 amide bonds. The third-order valence-electron chi connectivity index (χ3n) is 1.65. The molecular weight excluding hydrogens is 184 g/mol. The number of thiazole rings is 1. The van der Waals surface area contributed by atoms with Gasteiger partial charge in [-0.05, 0) is 12.1 Å². The Balaban J connectivity index is 2.32. The summed E-state index contributed by atoms with van der Waals surface area (Å²) in [6.07, 6.45) is 1.63. The van der Waals surface area contributed by atoms with Crippen molar-refractivity contribution in [3.63, 3.8) is 0 Å². The van der Waals surface area contributed by atoms with Gasteiger partial charge < -0.3 is 5.32 Å². The second kappa shape index (κ2) is 3.53. The summed E-state index contributed by atoms with van der Waals surface area (Å²) >= 11 is 1.58. The fraction of sp³-hybridized carbons (Fsp3) is 0.111. The van der Waals surface area contributed by atoms with E-state index in [0.717, 1.165) is 15.2 Å². The van der Waals surface area contributed by atoms with E-state index in [1.54, 1.807) is 17.7 Å². The number of nitrogens with zero attached hydrogens (tertiary/aromatic N) is 1. The molecular formula is C9H7N2OS. The second-order valence-corrected chi connectivity index (χ2v) is 3.65. The van der Waals surface area contributed by atoms with E-state index in [2.05, 4.69) is 10.3 Å². The average Bonchev–Trinajstić information content (AvgIpc) is 2.57. The van der Waals surface area contributed by atoms with Gasteiger partial charge in [0.05, 0.1) is 16.8 Å². The number of carbonyl (C=O) groups excluding carboxylic acids is 1. The van der Waals surface area contributed by atoms with Crippen molar-refractivity contribution in [3.8, 4) is 0 Å². The van der Waals surface area contributed by atoms with Crippen LogP contribution in [0.5, 0.6) is 0 Å². The lowest BCUT2D eigenvalue weighted by atomic mass is 10.3. The summed E-state index contributed by atoms with van der Waals surface area (Å²) in [5.41, 5.74) is 0.982. The summed E-state index contributed by atoms with van der Waals surface area (Å²) in [6, 6.07) is 7.90. The van der Waals surface area contributed by atoms with Crippen LogP contribution < -0.4 is 5.32 Å². The van der Waals surface area contributed by atoms with Gasteiger partial charge in [0.15, 0.2) is 0 Å². The zero-order chi connectivity index (χ0) is 9.10. The Labute approximate surface area is 79.4 Å². The molecule has 1 heterocycles. The van der Waals surface area contributed by atoms with Gasteiger partial charge in [-0.2, -0.15) is 0 Å². The van der Waals surface area contributed by atoms with Gasteiger partial charge in [-0.1, -0.05) is 12.1 Å². The quantitative estimate of drug-likeness (QED) is 0.746. The van der Waals surface area contributed by atoms with E-state index < -0.39 is 0 Å². The summed E-state index contributed by atoms with van der Waals surface area (Å²) in [5.74, 6) is 0. The highest BCUT2D eigenvalue weighted by Crippen LogP contribution is 2.20. The lowest BCUT2D eigenvalue weighted by Gasteiger charge is -1.88. The van der Waals surface area contributed by atoms with E-state index in [0.29, 0.717) is 6.54 Å². The maximum Gasteiger partial charge on any atom is 0.309 e. The first kappa shape index (κ1) is 8.19. The van der Waals surface area contributed by atoms with Crippen LogP contribution in [0.1, 0.15) is 5.01 Å². The molecule has 0 fully saturated rings. The number of fused-ring (bicyclic) bond motifs is 1. The van der Waals surface area contributed by atoms with Gasteiger partial charge in [-0.25, -0.2) is 4.98 Å². The number of rotatable bonds is 3. The van der Waals surface area contributed by atoms with E-state index >= 15 is 0 Å². The van der Waals surface area contributed by atoms with Crippen LogP contribution in [0.2, 0.25) is 0 Å². The zero-order valence-corrected chi connectivity index (χ0v) is 7.60. The van der Waals surface area contributed by atoms with Crippen LogP contribution in [0.4, 0.5) is 0 Å². The summed E-state index contributed by atoms with van der Waals surface area (Å²) in [6.45, 7) is 0.461. The molecule has 2 rings (SSSR count). The van der Waals surface area contributed by atoms with Crippen molar-refractivity contribution < 1.29 is 4.79 Å². The van der Waals surface area contributed by atoms with Crippen LogP contribution in [0.15, 0.2) is 24.3 Å². The largest absolute Gasteiger partial charge is 0.341 e. The maximum absolute atomic E-state index is 9.93. The summed E-state index contributed by atoms with van der Waals surface area (Å²) in [7, 11) is 0. The predicted molar refractivity (Wildman–Crippen MR) is 52.2 cm³/mol. The molecule has 0 unspecified atom stereocenters. The Morgan fingerprint density at radius 1 is 1.46 bits per heavy atom. The second-order valence-electron chi connectivity index (χ2n) is 2.53. The number of hydrogen-bond acceptors (Lipinski definition) is 3. The lowest BCUT2D eigenvalue weighted by Crippen LogP contribution is -2.08. The molecule has 0 aliphatic rings. The number of amides is 1. The van der Waals surface area contributed by atoms with Crippen molar-refractivity contribution in [3.05, 3.63) is 29.3 Å². The molecule has 2 aromatic rings. The zero-order valence-electron chi connectivity index (χ0n) is 6.78. The molecule has 0 atom stereocenters. The van der Waals surface area contributed by atoms with Crippen LogP contribution in [0.25, 0.3) is 10.2 Å². The van der Waals surface area contributed by atoms with Crippen molar-refractivity contribution in [1.29, 1.82) is 0 Å². The van der Waals surface area contributed by atoms with Gasteiger partial charge >= 0.3 is 6.41 Å². The molecule has 0 saturated carbocycles. The van der Waals surface area contributed by atoms with Crippen molar-refractivity contribution in [2.75, 3.05) is 0 Å². The first-order chi connectivity index (χ1) is 6.40. The Bertz CT molecular complexity index is 391. The fourth-order valence-corrected chi connectivity index (χ4v) is 2.01. The molecule has 1 radical (unpaired) electrons. The highest BCUT2D eigenvalue weighted by atomic mass is 32.1. The first-order valence-electron chi connectivity index (χ1n) is 3.84. The molecule has 0 aliphatic heterocycles. The van der Waals surface area contributed by atoms with Gasteiger partial charge in [0.25, 0.3) is 0 Å². The molecule has 1 aromatic heterocycles. The van der Waals surface area contributed by atoms with Crippen LogP contribution in [-0.4, -0.2) is 11.4 Å². The lowest BCUT2D eigenvalue weighted by molar-refractivity contribution is 0.542. The molecule has 65 valence electrons. The number of benzene rings is 1. The Morgan fingerprint density at radius 2 is 2.31 bits per heavy atom. The third kappa shape index (κ3) is 1.67. The van der Waals surface area contributed by atoms with Crippen LogP contribution in [0, 0.1) is 0 Å². The van der Waals surface area contributed by atoms with E-state index in [4.69, 9.17) is 0 Å². The van der Waals surface area contributed by atoms with Gasteiger partial charge in [0.1, 0.15) is 5.01 Å². The Morgan fingerprint density at radius 3 is 3.08 bits per heavy atom. The van der Waals surface area contributed by atoms with E-state index in [1.165, 1.54) is 0 Å². The normalized spacial score (nSPS) is 10.2. The number of nitrogens with one attached hydrogen (secondary N) is 1. The van der Waals surface area contributed by atoms with Crippen LogP contribution in [0.3, 0.4) is 0 Å². The minimum atomic E-state index is 0.461. The van der Waals surface area contributed by atoms with Crippen LogP contribution >= 0.6 is 11.3 Å². The molecule has 3 nitrogen and oxygen atoms in total. The topological polar surface area (TPSA) is 42.0 Å². The maximum atomic E-state index is 9.93. The first-order valence-corrected chi connectivity index (χ1v) is 4.66. The number of hydrogen-bond donors (Lipinski definition) is 1. The summed E-state index contributed by atoms with van der Waals surface area (Å²) in [4.78, 5) is 14.3. The highest BCUT2D eigenvalue weighted by Gasteiger charge is 2.01. The van der Waals surface area contributed by atoms with Gasteiger partial charge in [-0.15, -0.1) is 11.3 Å². The number of aromatic nitrogens is 1. The third-order valence-corrected chi connectivity index (χ3v) is 2.69. The van der Waals surface area contributed by atoms with Crippen molar-refractivity contribution in [2.45, 2.75) is 6.54 Å². The van der Waals surface area contributed by atoms with Gasteiger partial charge in [-0.3, -0.25) is 4.79 Å². The predicted octanol–water partition coefficient (Wildman–Crippen LogP) is 1.45. The molecule has 0 saturated heterocycles. The minimum absolute atomic E-state index is 0.461. The van der Waals surface area contributed by atoms with E-state index in [1.807, 2.05) is 24.3 Å². The fourth-order valence-electron chi connectivity index (χ4n) is 1.11. The van der Waals surface area contributed by atoms with Gasteiger partial charge in [0.2, 0.25) is 0 Å². The Kier molecular flexibility index (Phi) is 2.23. The highest BCUT2D eigenvalue weighted by molar-refractivity contribution is 7.18. The number of para-hydroxylation sites is 1. The molecule has 4 heteroatoms. The molecule has 1 N–H and O–H groups in total. The molecule has 0 bridgehead atoms. The molecule has 13 heavy (non-hydrogen) atoms. The Hall–Kier alpha value is -1.42. The van der Waals surface area contributed by atoms with Crippen molar-refractivity contribution in [1.82, 2.24) is 10.3 Å². The van der Waals surface area contributed by atoms with Crippen molar-refractivity contribution >= 4 is 28.0 Å². The summed E-state index contributed by atoms with van der Waals surface area (Å²) in [5, 5.41) is 3.37. The molecule has 0 aliphatic carbocycles. The molecule has 0 spiro atoms.